The van der Waals surface area contributed by atoms with E-state index >= 15 is 0 Å². The van der Waals surface area contributed by atoms with Gasteiger partial charge in [-0.15, -0.1) is 0 Å². The Kier molecular flexibility index (Phi) is 7.88. The first-order chi connectivity index (χ1) is 16.5. The molecule has 2 aromatic carbocycles. The smallest absolute Gasteiger partial charge is 0.227 e. The lowest BCUT2D eigenvalue weighted by Crippen LogP contribution is -2.47. The minimum Gasteiger partial charge on any atom is -0.497 e. The zero-order chi connectivity index (χ0) is 24.1. The largest absolute Gasteiger partial charge is 0.497 e. The van der Waals surface area contributed by atoms with Crippen molar-refractivity contribution in [3.05, 3.63) is 59.9 Å². The molecule has 0 radical (unpaired) electrons. The van der Waals surface area contributed by atoms with Crippen molar-refractivity contribution < 1.29 is 9.53 Å². The molecular formula is C28H38N4O2. The zero-order valence-corrected chi connectivity index (χ0v) is 21.0. The van der Waals surface area contributed by atoms with Crippen LogP contribution in [0.3, 0.4) is 0 Å². The van der Waals surface area contributed by atoms with Crippen molar-refractivity contribution in [3.63, 3.8) is 0 Å². The first-order valence-corrected chi connectivity index (χ1v) is 12.6. The average Bonchev–Trinajstić information content (AvgIpc) is 3.19. The van der Waals surface area contributed by atoms with E-state index in [0.717, 1.165) is 74.6 Å². The van der Waals surface area contributed by atoms with Gasteiger partial charge in [-0.25, -0.2) is 4.98 Å². The van der Waals surface area contributed by atoms with E-state index in [2.05, 4.69) is 65.5 Å². The Bertz CT molecular complexity index is 1090. The van der Waals surface area contributed by atoms with Crippen LogP contribution < -0.4 is 4.74 Å². The van der Waals surface area contributed by atoms with Gasteiger partial charge in [-0.3, -0.25) is 9.69 Å². The molecule has 0 unspecified atom stereocenters. The molecule has 1 amide bonds. The summed E-state index contributed by atoms with van der Waals surface area (Å²) >= 11 is 0. The molecule has 34 heavy (non-hydrogen) atoms. The van der Waals surface area contributed by atoms with E-state index in [1.807, 2.05) is 18.2 Å². The summed E-state index contributed by atoms with van der Waals surface area (Å²) in [7, 11) is 1.69. The molecule has 1 aliphatic rings. The number of benzene rings is 2. The number of carbonyl (C=O) groups excluding carboxylic acids is 1. The van der Waals surface area contributed by atoms with Gasteiger partial charge in [0.2, 0.25) is 5.91 Å². The van der Waals surface area contributed by atoms with Crippen LogP contribution in [0.15, 0.2) is 48.5 Å². The lowest BCUT2D eigenvalue weighted by Gasteiger charge is -2.36. The highest BCUT2D eigenvalue weighted by molar-refractivity contribution is 5.79. The number of imidazole rings is 1. The van der Waals surface area contributed by atoms with Crippen molar-refractivity contribution in [1.82, 2.24) is 19.4 Å². The van der Waals surface area contributed by atoms with Gasteiger partial charge < -0.3 is 14.2 Å². The minimum absolute atomic E-state index is 0.0714. The number of amides is 1. The van der Waals surface area contributed by atoms with Gasteiger partial charge in [-0.05, 0) is 69.5 Å². The van der Waals surface area contributed by atoms with Gasteiger partial charge in [-0.1, -0.05) is 31.2 Å². The second kappa shape index (κ2) is 11.0. The number of piperidine rings is 1. The lowest BCUT2D eigenvalue weighted by molar-refractivity contribution is -0.139. The molecule has 1 atom stereocenters. The molecule has 0 aliphatic carbocycles. The number of fused-ring (bicyclic) bond motifs is 1. The van der Waals surface area contributed by atoms with Gasteiger partial charge in [-0.2, -0.15) is 0 Å². The molecule has 1 saturated heterocycles. The average molecular weight is 463 g/mol. The fourth-order valence-electron chi connectivity index (χ4n) is 5.04. The number of methoxy groups -OCH3 is 1. The summed E-state index contributed by atoms with van der Waals surface area (Å²) in [5.41, 5.74) is 3.38. The zero-order valence-electron chi connectivity index (χ0n) is 21.0. The molecule has 0 N–H and O–H groups in total. The molecule has 0 spiro atoms. The van der Waals surface area contributed by atoms with Gasteiger partial charge in [0.25, 0.3) is 0 Å². The van der Waals surface area contributed by atoms with E-state index in [4.69, 9.17) is 9.72 Å². The monoisotopic (exact) mass is 462 g/mol. The number of aromatic nitrogens is 2. The number of para-hydroxylation sites is 2. The maximum atomic E-state index is 13.3. The molecule has 6 nitrogen and oxygen atoms in total. The molecule has 0 saturated carbocycles. The molecule has 3 aromatic rings. The number of rotatable bonds is 9. The molecule has 1 aromatic heterocycles. The molecule has 1 aliphatic heterocycles. The Morgan fingerprint density at radius 3 is 2.62 bits per heavy atom. The lowest BCUT2D eigenvalue weighted by atomic mass is 9.95. The fraction of sp³-hybridized carbons (Fsp3) is 0.500. The highest BCUT2D eigenvalue weighted by Gasteiger charge is 2.30. The minimum atomic E-state index is 0.0714. The van der Waals surface area contributed by atoms with Crippen LogP contribution in [0, 0.1) is 5.92 Å². The van der Waals surface area contributed by atoms with Gasteiger partial charge in [0, 0.05) is 25.7 Å². The quantitative estimate of drug-likeness (QED) is 0.451. The topological polar surface area (TPSA) is 50.6 Å². The van der Waals surface area contributed by atoms with Crippen LogP contribution in [0.2, 0.25) is 0 Å². The van der Waals surface area contributed by atoms with E-state index in [-0.39, 0.29) is 12.0 Å². The van der Waals surface area contributed by atoms with Crippen LogP contribution in [-0.4, -0.2) is 58.0 Å². The van der Waals surface area contributed by atoms with Gasteiger partial charge in [0.15, 0.2) is 0 Å². The Balaban J connectivity index is 1.54. The summed E-state index contributed by atoms with van der Waals surface area (Å²) in [6.45, 7) is 10.5. The Morgan fingerprint density at radius 1 is 1.15 bits per heavy atom. The van der Waals surface area contributed by atoms with Crippen LogP contribution in [0.5, 0.6) is 5.75 Å². The third kappa shape index (κ3) is 5.44. The molecule has 2 heterocycles. The first-order valence-electron chi connectivity index (χ1n) is 12.6. The van der Waals surface area contributed by atoms with Crippen LogP contribution in [-0.2, 0) is 17.9 Å². The standard InChI is InChI=1S/C28H38N4O2/c1-5-16-31(21(2)3)28(33)23-9-8-17-30(19-23)20-27-29-25-10-6-7-11-26(25)32(27)18-22-12-14-24(34-4)15-13-22/h6-7,10-15,21,23H,5,8-9,16-20H2,1-4H3/t23-/m0/s1. The summed E-state index contributed by atoms with van der Waals surface area (Å²) in [6.07, 6.45) is 3.02. The Labute approximate surface area is 203 Å². The van der Waals surface area contributed by atoms with Crippen LogP contribution in [0.1, 0.15) is 51.4 Å². The van der Waals surface area contributed by atoms with Crippen molar-refractivity contribution in [2.45, 2.75) is 59.2 Å². The maximum Gasteiger partial charge on any atom is 0.227 e. The Hall–Kier alpha value is -2.86. The molecule has 0 bridgehead atoms. The van der Waals surface area contributed by atoms with Crippen LogP contribution >= 0.6 is 0 Å². The van der Waals surface area contributed by atoms with Crippen molar-refractivity contribution in [3.8, 4) is 5.75 Å². The number of hydrogen-bond acceptors (Lipinski definition) is 4. The first kappa shape index (κ1) is 24.3. The van der Waals surface area contributed by atoms with Gasteiger partial charge in [0.1, 0.15) is 11.6 Å². The highest BCUT2D eigenvalue weighted by Crippen LogP contribution is 2.24. The van der Waals surface area contributed by atoms with Crippen LogP contribution in [0.4, 0.5) is 0 Å². The van der Waals surface area contributed by atoms with Crippen molar-refractivity contribution in [2.75, 3.05) is 26.7 Å². The number of nitrogens with zero attached hydrogens (tertiary/aromatic N) is 4. The normalized spacial score (nSPS) is 16.8. The summed E-state index contributed by atoms with van der Waals surface area (Å²) in [5.74, 6) is 2.30. The summed E-state index contributed by atoms with van der Waals surface area (Å²) < 4.78 is 7.64. The Morgan fingerprint density at radius 2 is 1.91 bits per heavy atom. The van der Waals surface area contributed by atoms with Crippen molar-refractivity contribution in [1.29, 1.82) is 0 Å². The predicted molar refractivity (Wildman–Crippen MR) is 137 cm³/mol. The van der Waals surface area contributed by atoms with Crippen molar-refractivity contribution in [2.24, 2.45) is 5.92 Å². The molecule has 4 rings (SSSR count). The highest BCUT2D eigenvalue weighted by atomic mass is 16.5. The van der Waals surface area contributed by atoms with E-state index in [1.165, 1.54) is 5.56 Å². The van der Waals surface area contributed by atoms with E-state index in [9.17, 15) is 4.79 Å². The molecular weight excluding hydrogens is 424 g/mol. The number of hydrogen-bond donors (Lipinski definition) is 0. The third-order valence-corrected chi connectivity index (χ3v) is 6.82. The second-order valence-electron chi connectivity index (χ2n) is 9.65. The second-order valence-corrected chi connectivity index (χ2v) is 9.65. The fourth-order valence-corrected chi connectivity index (χ4v) is 5.04. The summed E-state index contributed by atoms with van der Waals surface area (Å²) in [4.78, 5) is 22.8. The van der Waals surface area contributed by atoms with Gasteiger partial charge >= 0.3 is 0 Å². The van der Waals surface area contributed by atoms with Crippen molar-refractivity contribution >= 4 is 16.9 Å². The summed E-state index contributed by atoms with van der Waals surface area (Å²) in [6, 6.07) is 16.8. The summed E-state index contributed by atoms with van der Waals surface area (Å²) in [5, 5.41) is 0. The van der Waals surface area contributed by atoms with E-state index < -0.39 is 0 Å². The number of likely N-dealkylation sites (tertiary alicyclic amines) is 1. The van der Waals surface area contributed by atoms with Crippen LogP contribution in [0.25, 0.3) is 11.0 Å². The molecule has 1 fully saturated rings. The van der Waals surface area contributed by atoms with Gasteiger partial charge in [0.05, 0.1) is 30.6 Å². The van der Waals surface area contributed by atoms with E-state index in [1.54, 1.807) is 7.11 Å². The maximum absolute atomic E-state index is 13.3. The number of carbonyl (C=O) groups is 1. The SMILES string of the molecule is CCCN(C(=O)[C@H]1CCCN(Cc2nc3ccccc3n2Cc2ccc(OC)cc2)C1)C(C)C. The molecule has 182 valence electrons. The molecule has 6 heteroatoms. The number of ether oxygens (including phenoxy) is 1. The predicted octanol–water partition coefficient (Wildman–Crippen LogP) is 4.95. The third-order valence-electron chi connectivity index (χ3n) is 6.82. The van der Waals surface area contributed by atoms with E-state index in [0.29, 0.717) is 5.91 Å².